The third-order valence-corrected chi connectivity index (χ3v) is 4.55. The molecule has 1 saturated heterocycles. The van der Waals surface area contributed by atoms with Gasteiger partial charge >= 0.3 is 5.97 Å². The molecule has 2 heterocycles. The van der Waals surface area contributed by atoms with Gasteiger partial charge in [-0.3, -0.25) is 14.4 Å². The predicted octanol–water partition coefficient (Wildman–Crippen LogP) is 2.05. The van der Waals surface area contributed by atoms with Crippen LogP contribution >= 0.6 is 0 Å². The molecule has 0 spiro atoms. The van der Waals surface area contributed by atoms with E-state index in [4.69, 9.17) is 0 Å². The number of aromatic nitrogens is 1. The summed E-state index contributed by atoms with van der Waals surface area (Å²) in [6, 6.07) is 2.85. The van der Waals surface area contributed by atoms with Gasteiger partial charge in [0.05, 0.1) is 11.0 Å². The van der Waals surface area contributed by atoms with Crippen LogP contribution in [0.2, 0.25) is 0 Å². The Labute approximate surface area is 141 Å². The molecule has 1 atom stereocenters. The summed E-state index contributed by atoms with van der Waals surface area (Å²) < 4.78 is 1.35. The first kappa shape index (κ1) is 18.0. The molecule has 0 radical (unpaired) electrons. The molecule has 6 heteroatoms. The van der Waals surface area contributed by atoms with E-state index in [9.17, 15) is 19.5 Å². The molecule has 1 aliphatic heterocycles. The van der Waals surface area contributed by atoms with Gasteiger partial charge in [0.2, 0.25) is 5.56 Å². The Bertz CT molecular complexity index is 731. The van der Waals surface area contributed by atoms with Gasteiger partial charge in [0.15, 0.2) is 0 Å². The van der Waals surface area contributed by atoms with Crippen molar-refractivity contribution in [1.82, 2.24) is 9.47 Å². The van der Waals surface area contributed by atoms with Gasteiger partial charge in [-0.1, -0.05) is 11.6 Å². The van der Waals surface area contributed by atoms with E-state index in [1.807, 2.05) is 19.9 Å². The van der Waals surface area contributed by atoms with E-state index in [0.29, 0.717) is 31.4 Å². The van der Waals surface area contributed by atoms with Crippen molar-refractivity contribution < 1.29 is 14.7 Å². The number of nitrogens with zero attached hydrogens (tertiary/aromatic N) is 2. The number of piperidine rings is 1. The number of aryl methyl sites for hydroxylation is 1. The van der Waals surface area contributed by atoms with Crippen molar-refractivity contribution in [2.45, 2.75) is 33.1 Å². The van der Waals surface area contributed by atoms with E-state index < -0.39 is 11.4 Å². The van der Waals surface area contributed by atoms with Gasteiger partial charge in [-0.05, 0) is 39.2 Å². The maximum atomic E-state index is 12.7. The number of amides is 1. The van der Waals surface area contributed by atoms with Crippen LogP contribution in [0.25, 0.3) is 0 Å². The van der Waals surface area contributed by atoms with E-state index in [2.05, 4.69) is 0 Å². The monoisotopic (exact) mass is 332 g/mol. The Balaban J connectivity index is 2.26. The van der Waals surface area contributed by atoms with E-state index in [1.54, 1.807) is 11.9 Å². The van der Waals surface area contributed by atoms with Crippen LogP contribution in [-0.4, -0.2) is 39.5 Å². The van der Waals surface area contributed by atoms with Crippen molar-refractivity contribution in [2.24, 2.45) is 12.5 Å². The third-order valence-electron chi connectivity index (χ3n) is 4.55. The van der Waals surface area contributed by atoms with Crippen LogP contribution in [0.1, 0.15) is 43.5 Å². The number of carbonyl (C=O) groups excluding carboxylic acids is 1. The zero-order valence-electron chi connectivity index (χ0n) is 14.4. The maximum Gasteiger partial charge on any atom is 0.311 e. The second-order valence-corrected chi connectivity index (χ2v) is 6.77. The molecular weight excluding hydrogens is 308 g/mol. The van der Waals surface area contributed by atoms with E-state index in [1.165, 1.54) is 22.9 Å². The van der Waals surface area contributed by atoms with Gasteiger partial charge in [0, 0.05) is 32.4 Å². The van der Waals surface area contributed by atoms with Crippen LogP contribution < -0.4 is 5.56 Å². The lowest BCUT2D eigenvalue weighted by molar-refractivity contribution is -0.151. The van der Waals surface area contributed by atoms with Crippen molar-refractivity contribution >= 4 is 11.9 Å². The fourth-order valence-corrected chi connectivity index (χ4v) is 3.04. The second-order valence-electron chi connectivity index (χ2n) is 6.77. The quantitative estimate of drug-likeness (QED) is 0.856. The van der Waals surface area contributed by atoms with Crippen molar-refractivity contribution in [1.29, 1.82) is 0 Å². The summed E-state index contributed by atoms with van der Waals surface area (Å²) in [5.41, 5.74) is 0.345. The minimum atomic E-state index is -0.939. The lowest BCUT2D eigenvalue weighted by Crippen LogP contribution is -2.49. The van der Waals surface area contributed by atoms with E-state index in [-0.39, 0.29) is 18.0 Å². The summed E-state index contributed by atoms with van der Waals surface area (Å²) in [6.07, 6.45) is 5.05. The van der Waals surface area contributed by atoms with Gasteiger partial charge in [-0.15, -0.1) is 0 Å². The first-order valence-corrected chi connectivity index (χ1v) is 8.08. The largest absolute Gasteiger partial charge is 0.481 e. The Kier molecular flexibility index (Phi) is 5.26. The molecule has 1 N–H and O–H groups in total. The fourth-order valence-electron chi connectivity index (χ4n) is 3.04. The maximum absolute atomic E-state index is 12.7. The molecule has 130 valence electrons. The standard InChI is InChI=1S/C18H24N2O4/c1-13(2)7-9-18(17(23)24)8-4-10-20(12-18)16(22)14-5-6-15(21)19(3)11-14/h5-7,11H,4,8-10,12H2,1-3H3,(H,23,24). The molecule has 1 aromatic heterocycles. The summed E-state index contributed by atoms with van der Waals surface area (Å²) in [5, 5.41) is 9.74. The first-order valence-electron chi connectivity index (χ1n) is 8.08. The minimum Gasteiger partial charge on any atom is -0.481 e. The van der Waals surface area contributed by atoms with E-state index in [0.717, 1.165) is 5.57 Å². The normalized spacial score (nSPS) is 20.5. The third kappa shape index (κ3) is 3.75. The number of carbonyl (C=O) groups is 2. The molecule has 0 saturated carbocycles. The molecule has 24 heavy (non-hydrogen) atoms. The molecule has 1 aliphatic rings. The van der Waals surface area contributed by atoms with Crippen molar-refractivity contribution in [3.63, 3.8) is 0 Å². The summed E-state index contributed by atoms with van der Waals surface area (Å²) >= 11 is 0. The summed E-state index contributed by atoms with van der Waals surface area (Å²) in [4.78, 5) is 37.7. The van der Waals surface area contributed by atoms with E-state index >= 15 is 0 Å². The van der Waals surface area contributed by atoms with Crippen LogP contribution in [0.4, 0.5) is 0 Å². The number of likely N-dealkylation sites (tertiary alicyclic amines) is 1. The second kappa shape index (κ2) is 7.03. The SMILES string of the molecule is CC(C)=CCC1(C(=O)O)CCCN(C(=O)c2ccc(=O)n(C)c2)C1. The minimum absolute atomic E-state index is 0.186. The number of hydrogen-bond donors (Lipinski definition) is 1. The lowest BCUT2D eigenvalue weighted by Gasteiger charge is -2.39. The predicted molar refractivity (Wildman–Crippen MR) is 90.9 cm³/mol. The molecule has 1 fully saturated rings. The molecule has 0 aromatic carbocycles. The van der Waals surface area contributed by atoms with Crippen LogP contribution in [-0.2, 0) is 11.8 Å². The average Bonchev–Trinajstić information content (AvgIpc) is 2.55. The Morgan fingerprint density at radius 2 is 2.04 bits per heavy atom. The zero-order chi connectivity index (χ0) is 17.9. The van der Waals surface area contributed by atoms with Crippen molar-refractivity contribution in [2.75, 3.05) is 13.1 Å². The van der Waals surface area contributed by atoms with Crippen LogP contribution in [0.15, 0.2) is 34.8 Å². The molecule has 1 amide bonds. The topological polar surface area (TPSA) is 79.6 Å². The molecule has 0 bridgehead atoms. The van der Waals surface area contributed by atoms with Gasteiger partial charge in [0.25, 0.3) is 5.91 Å². The number of hydrogen-bond acceptors (Lipinski definition) is 3. The Morgan fingerprint density at radius 1 is 1.33 bits per heavy atom. The summed E-state index contributed by atoms with van der Waals surface area (Å²) in [5.74, 6) is -1.09. The smallest absolute Gasteiger partial charge is 0.311 e. The van der Waals surface area contributed by atoms with Crippen molar-refractivity contribution in [3.05, 3.63) is 45.9 Å². The highest BCUT2D eigenvalue weighted by atomic mass is 16.4. The van der Waals surface area contributed by atoms with Crippen molar-refractivity contribution in [3.8, 4) is 0 Å². The molecule has 1 aromatic rings. The van der Waals surface area contributed by atoms with Gasteiger partial charge in [0.1, 0.15) is 0 Å². The molecule has 1 unspecified atom stereocenters. The highest BCUT2D eigenvalue weighted by Gasteiger charge is 2.42. The highest BCUT2D eigenvalue weighted by Crippen LogP contribution is 2.35. The molecule has 2 rings (SSSR count). The van der Waals surface area contributed by atoms with Crippen LogP contribution in [0.5, 0.6) is 0 Å². The number of pyridine rings is 1. The Hall–Kier alpha value is -2.37. The first-order chi connectivity index (χ1) is 11.2. The van der Waals surface area contributed by atoms with Crippen LogP contribution in [0.3, 0.4) is 0 Å². The fraction of sp³-hybridized carbons (Fsp3) is 0.500. The number of allylic oxidation sites excluding steroid dienone is 2. The zero-order valence-corrected chi connectivity index (χ0v) is 14.4. The highest BCUT2D eigenvalue weighted by molar-refractivity contribution is 5.94. The molecular formula is C18H24N2O4. The van der Waals surface area contributed by atoms with Gasteiger partial charge in [-0.2, -0.15) is 0 Å². The average molecular weight is 332 g/mol. The molecule has 0 aliphatic carbocycles. The summed E-state index contributed by atoms with van der Waals surface area (Å²) in [7, 11) is 1.59. The lowest BCUT2D eigenvalue weighted by atomic mass is 9.76. The Morgan fingerprint density at radius 3 is 2.62 bits per heavy atom. The number of carboxylic acid groups (broad SMARTS) is 1. The summed E-state index contributed by atoms with van der Waals surface area (Å²) in [6.45, 7) is 4.59. The number of aliphatic carboxylic acids is 1. The van der Waals surface area contributed by atoms with Crippen LogP contribution in [0, 0.1) is 5.41 Å². The molecule has 6 nitrogen and oxygen atoms in total. The van der Waals surface area contributed by atoms with Gasteiger partial charge in [-0.25, -0.2) is 0 Å². The van der Waals surface area contributed by atoms with Gasteiger partial charge < -0.3 is 14.6 Å². The number of carboxylic acids is 1. The number of rotatable bonds is 4.